The third-order valence-electron chi connectivity index (χ3n) is 4.06. The summed E-state index contributed by atoms with van der Waals surface area (Å²) < 4.78 is 0. The van der Waals surface area contributed by atoms with E-state index in [-0.39, 0.29) is 23.5 Å². The molecule has 0 unspecified atom stereocenters. The molecular formula is C17H22N2O3. The predicted molar refractivity (Wildman–Crippen MR) is 84.7 cm³/mol. The Labute approximate surface area is 130 Å². The number of carbonyl (C=O) groups excluding carboxylic acids is 3. The number of piperidine rings is 1. The van der Waals surface area contributed by atoms with Crippen molar-refractivity contribution in [3.63, 3.8) is 0 Å². The number of rotatable bonds is 4. The maximum atomic E-state index is 12.3. The molecule has 1 aliphatic heterocycles. The number of nitrogens with one attached hydrogen (secondary N) is 1. The van der Waals surface area contributed by atoms with E-state index in [1.54, 1.807) is 24.3 Å². The standard InChI is InChI=1S/C17H22N2O3/c1-3-16(21)19-9-7-13(8-10-19)17(22)18-15-6-4-5-14(11-15)12(2)20/h4-6,11,13H,3,7-10H2,1-2H3,(H,18,22). The van der Waals surface area contributed by atoms with Gasteiger partial charge in [0.2, 0.25) is 11.8 Å². The van der Waals surface area contributed by atoms with Gasteiger partial charge in [-0.2, -0.15) is 0 Å². The summed E-state index contributed by atoms with van der Waals surface area (Å²) in [5.74, 6) is 0.00157. The summed E-state index contributed by atoms with van der Waals surface area (Å²) in [6, 6.07) is 6.96. The van der Waals surface area contributed by atoms with Crippen LogP contribution in [0.25, 0.3) is 0 Å². The molecule has 1 heterocycles. The molecule has 0 aromatic heterocycles. The molecule has 1 fully saturated rings. The Morgan fingerprint density at radius 2 is 1.91 bits per heavy atom. The topological polar surface area (TPSA) is 66.5 Å². The van der Waals surface area contributed by atoms with Crippen LogP contribution < -0.4 is 5.32 Å². The smallest absolute Gasteiger partial charge is 0.227 e. The van der Waals surface area contributed by atoms with Gasteiger partial charge in [0.1, 0.15) is 0 Å². The molecule has 0 spiro atoms. The van der Waals surface area contributed by atoms with E-state index >= 15 is 0 Å². The zero-order valence-electron chi connectivity index (χ0n) is 13.1. The highest BCUT2D eigenvalue weighted by molar-refractivity contribution is 5.97. The second kappa shape index (κ2) is 7.20. The lowest BCUT2D eigenvalue weighted by Gasteiger charge is -2.31. The second-order valence-corrected chi connectivity index (χ2v) is 5.63. The molecule has 1 aromatic rings. The molecule has 1 aliphatic rings. The molecule has 1 N–H and O–H groups in total. The first kappa shape index (κ1) is 16.2. The maximum Gasteiger partial charge on any atom is 0.227 e. The molecular weight excluding hydrogens is 280 g/mol. The Balaban J connectivity index is 1.92. The molecule has 0 bridgehead atoms. The van der Waals surface area contributed by atoms with Gasteiger partial charge < -0.3 is 10.2 Å². The third kappa shape index (κ3) is 3.93. The first-order valence-electron chi connectivity index (χ1n) is 7.71. The number of ketones is 1. The summed E-state index contributed by atoms with van der Waals surface area (Å²) in [7, 11) is 0. The van der Waals surface area contributed by atoms with Crippen molar-refractivity contribution in [3.05, 3.63) is 29.8 Å². The fourth-order valence-electron chi connectivity index (χ4n) is 2.67. The third-order valence-corrected chi connectivity index (χ3v) is 4.06. The van der Waals surface area contributed by atoms with Crippen molar-refractivity contribution in [2.75, 3.05) is 18.4 Å². The summed E-state index contributed by atoms with van der Waals surface area (Å²) in [6.45, 7) is 4.63. The molecule has 5 nitrogen and oxygen atoms in total. The van der Waals surface area contributed by atoms with Crippen molar-refractivity contribution in [1.29, 1.82) is 0 Å². The summed E-state index contributed by atoms with van der Waals surface area (Å²) >= 11 is 0. The molecule has 5 heteroatoms. The van der Waals surface area contributed by atoms with Crippen LogP contribution in [-0.2, 0) is 9.59 Å². The summed E-state index contributed by atoms with van der Waals surface area (Å²) in [5.41, 5.74) is 1.23. The van der Waals surface area contributed by atoms with Crippen LogP contribution in [0.15, 0.2) is 24.3 Å². The van der Waals surface area contributed by atoms with Crippen molar-refractivity contribution in [1.82, 2.24) is 4.90 Å². The molecule has 118 valence electrons. The fraction of sp³-hybridized carbons (Fsp3) is 0.471. The average Bonchev–Trinajstić information content (AvgIpc) is 2.54. The highest BCUT2D eigenvalue weighted by Gasteiger charge is 2.26. The Morgan fingerprint density at radius 1 is 1.23 bits per heavy atom. The number of carbonyl (C=O) groups is 3. The summed E-state index contributed by atoms with van der Waals surface area (Å²) in [5, 5.41) is 2.87. The van der Waals surface area contributed by atoms with Crippen LogP contribution in [0.3, 0.4) is 0 Å². The molecule has 1 saturated heterocycles. The summed E-state index contributed by atoms with van der Waals surface area (Å²) in [6.07, 6.45) is 1.88. The zero-order valence-corrected chi connectivity index (χ0v) is 13.1. The van der Waals surface area contributed by atoms with Crippen LogP contribution in [0.5, 0.6) is 0 Å². The minimum Gasteiger partial charge on any atom is -0.343 e. The van der Waals surface area contributed by atoms with Gasteiger partial charge >= 0.3 is 0 Å². The number of Topliss-reactive ketones (excluding diaryl/α,β-unsaturated/α-hetero) is 1. The van der Waals surface area contributed by atoms with Crippen LogP contribution in [0.4, 0.5) is 5.69 Å². The van der Waals surface area contributed by atoms with E-state index in [4.69, 9.17) is 0 Å². The Bertz CT molecular complexity index is 575. The lowest BCUT2D eigenvalue weighted by molar-refractivity contribution is -0.134. The van der Waals surface area contributed by atoms with Crippen molar-refractivity contribution >= 4 is 23.3 Å². The summed E-state index contributed by atoms with van der Waals surface area (Å²) in [4.78, 5) is 37.1. The van der Waals surface area contributed by atoms with Crippen LogP contribution in [0.2, 0.25) is 0 Å². The largest absolute Gasteiger partial charge is 0.343 e. The fourth-order valence-corrected chi connectivity index (χ4v) is 2.67. The Morgan fingerprint density at radius 3 is 2.50 bits per heavy atom. The predicted octanol–water partition coefficient (Wildman–Crippen LogP) is 2.48. The number of hydrogen-bond donors (Lipinski definition) is 1. The maximum absolute atomic E-state index is 12.3. The van der Waals surface area contributed by atoms with E-state index < -0.39 is 0 Å². The average molecular weight is 302 g/mol. The number of amides is 2. The highest BCUT2D eigenvalue weighted by Crippen LogP contribution is 2.20. The first-order chi connectivity index (χ1) is 10.5. The number of hydrogen-bond acceptors (Lipinski definition) is 3. The van der Waals surface area contributed by atoms with Gasteiger partial charge in [-0.1, -0.05) is 19.1 Å². The zero-order chi connectivity index (χ0) is 16.1. The Kier molecular flexibility index (Phi) is 5.31. The molecule has 2 rings (SSSR count). The van der Waals surface area contributed by atoms with E-state index in [1.165, 1.54) is 6.92 Å². The van der Waals surface area contributed by atoms with Crippen LogP contribution >= 0.6 is 0 Å². The molecule has 1 aromatic carbocycles. The number of anilines is 1. The van der Waals surface area contributed by atoms with Gasteiger partial charge in [0.05, 0.1) is 0 Å². The quantitative estimate of drug-likeness (QED) is 0.869. The second-order valence-electron chi connectivity index (χ2n) is 5.63. The number of likely N-dealkylation sites (tertiary alicyclic amines) is 1. The minimum absolute atomic E-state index is 0.0255. The van der Waals surface area contributed by atoms with Gasteiger partial charge in [-0.15, -0.1) is 0 Å². The van der Waals surface area contributed by atoms with Crippen molar-refractivity contribution < 1.29 is 14.4 Å². The lowest BCUT2D eigenvalue weighted by Crippen LogP contribution is -2.41. The molecule has 0 atom stereocenters. The lowest BCUT2D eigenvalue weighted by atomic mass is 9.95. The van der Waals surface area contributed by atoms with E-state index in [9.17, 15) is 14.4 Å². The number of nitrogens with zero attached hydrogens (tertiary/aromatic N) is 1. The molecule has 0 saturated carbocycles. The van der Waals surface area contributed by atoms with Crippen LogP contribution in [-0.4, -0.2) is 35.6 Å². The van der Waals surface area contributed by atoms with Gasteiger partial charge in [0, 0.05) is 36.7 Å². The van der Waals surface area contributed by atoms with Gasteiger partial charge in [-0.25, -0.2) is 0 Å². The van der Waals surface area contributed by atoms with Gasteiger partial charge in [0.25, 0.3) is 0 Å². The van der Waals surface area contributed by atoms with E-state index in [0.29, 0.717) is 43.6 Å². The van der Waals surface area contributed by atoms with E-state index in [0.717, 1.165) is 0 Å². The Hall–Kier alpha value is -2.17. The SMILES string of the molecule is CCC(=O)N1CCC(C(=O)Nc2cccc(C(C)=O)c2)CC1. The molecule has 0 aliphatic carbocycles. The van der Waals surface area contributed by atoms with Gasteiger partial charge in [-0.05, 0) is 31.9 Å². The van der Waals surface area contributed by atoms with Crippen molar-refractivity contribution in [3.8, 4) is 0 Å². The van der Waals surface area contributed by atoms with Gasteiger partial charge in [-0.3, -0.25) is 14.4 Å². The number of benzene rings is 1. The van der Waals surface area contributed by atoms with E-state index in [1.807, 2.05) is 11.8 Å². The monoisotopic (exact) mass is 302 g/mol. The molecule has 22 heavy (non-hydrogen) atoms. The highest BCUT2D eigenvalue weighted by atomic mass is 16.2. The van der Waals surface area contributed by atoms with Crippen molar-refractivity contribution in [2.45, 2.75) is 33.1 Å². The normalized spacial score (nSPS) is 15.5. The minimum atomic E-state index is -0.0816. The molecule has 0 radical (unpaired) electrons. The molecule has 2 amide bonds. The first-order valence-corrected chi connectivity index (χ1v) is 7.71. The van der Waals surface area contributed by atoms with Crippen LogP contribution in [0, 0.1) is 5.92 Å². The van der Waals surface area contributed by atoms with Crippen molar-refractivity contribution in [2.24, 2.45) is 5.92 Å². The van der Waals surface area contributed by atoms with Gasteiger partial charge in [0.15, 0.2) is 5.78 Å². The van der Waals surface area contributed by atoms with E-state index in [2.05, 4.69) is 5.32 Å². The van der Waals surface area contributed by atoms with Crippen LogP contribution in [0.1, 0.15) is 43.5 Å².